The lowest BCUT2D eigenvalue weighted by Gasteiger charge is -2.09. The number of ether oxygens (including phenoxy) is 1. The molecule has 0 aliphatic carbocycles. The van der Waals surface area contributed by atoms with Crippen LogP contribution in [0.25, 0.3) is 6.08 Å². The van der Waals surface area contributed by atoms with Gasteiger partial charge >= 0.3 is 0 Å². The van der Waals surface area contributed by atoms with Crippen molar-refractivity contribution in [2.45, 2.75) is 10.8 Å². The van der Waals surface area contributed by atoms with Crippen LogP contribution in [0.15, 0.2) is 66.0 Å². The fourth-order valence-electron chi connectivity index (χ4n) is 2.47. The van der Waals surface area contributed by atoms with Gasteiger partial charge in [0.1, 0.15) is 11.4 Å². The molecule has 3 aromatic rings. The van der Waals surface area contributed by atoms with E-state index < -0.39 is 0 Å². The molecule has 0 saturated carbocycles. The van der Waals surface area contributed by atoms with Crippen LogP contribution in [0.4, 0.5) is 0 Å². The molecule has 0 bridgehead atoms. The molecule has 0 unspecified atom stereocenters. The number of benzene rings is 1. The zero-order valence-electron chi connectivity index (χ0n) is 14.6. The summed E-state index contributed by atoms with van der Waals surface area (Å²) in [5.41, 5.74) is 2.55. The summed E-state index contributed by atoms with van der Waals surface area (Å²) < 4.78 is 7.02. The summed E-state index contributed by atoms with van der Waals surface area (Å²) in [6.07, 6.45) is 6.77. The first kappa shape index (κ1) is 17.9. The van der Waals surface area contributed by atoms with Crippen LogP contribution in [0.1, 0.15) is 21.6 Å². The van der Waals surface area contributed by atoms with Crippen LogP contribution in [-0.4, -0.2) is 27.7 Å². The standard InChI is InChI=1S/C20H19N3O2S/c1-23-17(10-12-22-23)18(24)8-6-15-7-9-19(25-2)16(13-15)14-26-20-5-3-4-11-21-20/h3-13H,14H2,1-2H3. The minimum Gasteiger partial charge on any atom is -0.496 e. The zero-order valence-corrected chi connectivity index (χ0v) is 15.4. The van der Waals surface area contributed by atoms with Crippen LogP contribution >= 0.6 is 11.8 Å². The molecular weight excluding hydrogens is 346 g/mol. The predicted octanol–water partition coefficient (Wildman–Crippen LogP) is 4.01. The van der Waals surface area contributed by atoms with Crippen LogP contribution in [0.5, 0.6) is 5.75 Å². The average molecular weight is 365 g/mol. The summed E-state index contributed by atoms with van der Waals surface area (Å²) in [6, 6.07) is 13.4. The second-order valence-corrected chi connectivity index (χ2v) is 6.56. The quantitative estimate of drug-likeness (QED) is 0.360. The Morgan fingerprint density at radius 3 is 2.81 bits per heavy atom. The van der Waals surface area contributed by atoms with E-state index in [1.165, 1.54) is 0 Å². The van der Waals surface area contributed by atoms with Gasteiger partial charge in [-0.3, -0.25) is 9.48 Å². The highest BCUT2D eigenvalue weighted by atomic mass is 32.2. The van der Waals surface area contributed by atoms with E-state index in [9.17, 15) is 4.79 Å². The van der Waals surface area contributed by atoms with Crippen molar-refractivity contribution < 1.29 is 9.53 Å². The summed E-state index contributed by atoms with van der Waals surface area (Å²) in [7, 11) is 3.41. The second kappa shape index (κ2) is 8.49. The number of carbonyl (C=O) groups excluding carboxylic acids is 1. The number of hydrogen-bond acceptors (Lipinski definition) is 5. The summed E-state index contributed by atoms with van der Waals surface area (Å²) >= 11 is 1.64. The van der Waals surface area contributed by atoms with E-state index in [4.69, 9.17) is 4.74 Å². The number of hydrogen-bond donors (Lipinski definition) is 0. The van der Waals surface area contributed by atoms with Crippen LogP contribution in [0, 0.1) is 0 Å². The van der Waals surface area contributed by atoms with Gasteiger partial charge in [0.2, 0.25) is 5.78 Å². The maximum absolute atomic E-state index is 12.2. The Morgan fingerprint density at radius 1 is 1.23 bits per heavy atom. The second-order valence-electron chi connectivity index (χ2n) is 5.57. The van der Waals surface area contributed by atoms with Gasteiger partial charge in [0.25, 0.3) is 0 Å². The van der Waals surface area contributed by atoms with Gasteiger partial charge < -0.3 is 4.74 Å². The highest BCUT2D eigenvalue weighted by molar-refractivity contribution is 7.98. The highest BCUT2D eigenvalue weighted by Crippen LogP contribution is 2.28. The average Bonchev–Trinajstić information content (AvgIpc) is 3.11. The van der Waals surface area contributed by atoms with Crippen molar-refractivity contribution >= 4 is 23.6 Å². The molecule has 2 aromatic heterocycles. The van der Waals surface area contributed by atoms with Crippen molar-refractivity contribution in [1.29, 1.82) is 0 Å². The molecule has 1 aromatic carbocycles. The van der Waals surface area contributed by atoms with Gasteiger partial charge in [-0.1, -0.05) is 18.2 Å². The lowest BCUT2D eigenvalue weighted by Crippen LogP contribution is -2.03. The first-order valence-electron chi connectivity index (χ1n) is 8.08. The molecule has 0 fully saturated rings. The topological polar surface area (TPSA) is 57.0 Å². The molecule has 0 spiro atoms. The number of aryl methyl sites for hydroxylation is 1. The maximum Gasteiger partial charge on any atom is 0.203 e. The van der Waals surface area contributed by atoms with Crippen molar-refractivity contribution in [3.8, 4) is 5.75 Å². The summed E-state index contributed by atoms with van der Waals surface area (Å²) in [6.45, 7) is 0. The molecule has 0 aliphatic rings. The SMILES string of the molecule is COc1ccc(C=CC(=O)c2ccnn2C)cc1CSc1ccccn1. The number of nitrogens with zero attached hydrogens (tertiary/aromatic N) is 3. The van der Waals surface area contributed by atoms with E-state index in [-0.39, 0.29) is 5.78 Å². The maximum atomic E-state index is 12.2. The van der Waals surface area contributed by atoms with Gasteiger partial charge in [-0.15, -0.1) is 11.8 Å². The lowest BCUT2D eigenvalue weighted by atomic mass is 10.1. The van der Waals surface area contributed by atoms with Crippen molar-refractivity contribution in [3.05, 3.63) is 77.8 Å². The number of pyridine rings is 1. The van der Waals surface area contributed by atoms with Crippen LogP contribution in [-0.2, 0) is 12.8 Å². The predicted molar refractivity (Wildman–Crippen MR) is 103 cm³/mol. The first-order chi connectivity index (χ1) is 12.7. The Bertz CT molecular complexity index is 920. The number of allylic oxidation sites excluding steroid dienone is 1. The minimum absolute atomic E-state index is 0.0785. The number of rotatable bonds is 7. The summed E-state index contributed by atoms with van der Waals surface area (Å²) in [5.74, 6) is 1.48. The van der Waals surface area contributed by atoms with Crippen LogP contribution in [0.3, 0.4) is 0 Å². The Labute approximate surface area is 156 Å². The van der Waals surface area contributed by atoms with Crippen LogP contribution < -0.4 is 4.74 Å². The van der Waals surface area contributed by atoms with Gasteiger partial charge in [-0.2, -0.15) is 5.10 Å². The molecule has 0 aliphatic heterocycles. The molecule has 5 nitrogen and oxygen atoms in total. The van der Waals surface area contributed by atoms with E-state index in [0.717, 1.165) is 27.7 Å². The monoisotopic (exact) mass is 365 g/mol. The van der Waals surface area contributed by atoms with E-state index in [1.807, 2.05) is 42.5 Å². The van der Waals surface area contributed by atoms with Gasteiger partial charge in [0.05, 0.1) is 12.1 Å². The largest absolute Gasteiger partial charge is 0.496 e. The molecule has 0 radical (unpaired) electrons. The Hall–Kier alpha value is -2.86. The number of methoxy groups -OCH3 is 1. The normalized spacial score (nSPS) is 11.0. The molecule has 2 heterocycles. The third-order valence-corrected chi connectivity index (χ3v) is 4.81. The lowest BCUT2D eigenvalue weighted by molar-refractivity contribution is 0.103. The van der Waals surface area contributed by atoms with E-state index in [2.05, 4.69) is 10.1 Å². The van der Waals surface area contributed by atoms with Crippen molar-refractivity contribution in [2.24, 2.45) is 7.05 Å². The van der Waals surface area contributed by atoms with E-state index in [1.54, 1.807) is 55.1 Å². The van der Waals surface area contributed by atoms with Gasteiger partial charge in [-0.05, 0) is 42.0 Å². The molecule has 0 atom stereocenters. The number of ketones is 1. The molecule has 132 valence electrons. The molecule has 6 heteroatoms. The molecule has 3 rings (SSSR count). The summed E-state index contributed by atoms with van der Waals surface area (Å²) in [5, 5.41) is 4.98. The van der Waals surface area contributed by atoms with Gasteiger partial charge in [0, 0.05) is 30.8 Å². The first-order valence-corrected chi connectivity index (χ1v) is 9.07. The Morgan fingerprint density at radius 2 is 2.12 bits per heavy atom. The molecule has 0 N–H and O–H groups in total. The highest BCUT2D eigenvalue weighted by Gasteiger charge is 2.08. The Kier molecular flexibility index (Phi) is 5.86. The van der Waals surface area contributed by atoms with E-state index >= 15 is 0 Å². The number of carbonyl (C=O) groups is 1. The minimum atomic E-state index is -0.0785. The third kappa shape index (κ3) is 4.40. The fourth-order valence-corrected chi connectivity index (χ4v) is 3.31. The fraction of sp³-hybridized carbons (Fsp3) is 0.150. The number of thioether (sulfide) groups is 1. The smallest absolute Gasteiger partial charge is 0.203 e. The zero-order chi connectivity index (χ0) is 18.4. The third-order valence-electron chi connectivity index (χ3n) is 3.82. The van der Waals surface area contributed by atoms with Crippen molar-refractivity contribution in [1.82, 2.24) is 14.8 Å². The molecule has 0 saturated heterocycles. The molecular formula is C20H19N3O2S. The molecule has 26 heavy (non-hydrogen) atoms. The Balaban J connectivity index is 1.75. The molecule has 0 amide bonds. The van der Waals surface area contributed by atoms with Gasteiger partial charge in [0.15, 0.2) is 0 Å². The van der Waals surface area contributed by atoms with Gasteiger partial charge in [-0.25, -0.2) is 4.98 Å². The van der Waals surface area contributed by atoms with E-state index in [0.29, 0.717) is 5.69 Å². The summed E-state index contributed by atoms with van der Waals surface area (Å²) in [4.78, 5) is 16.6. The number of aromatic nitrogens is 3. The van der Waals surface area contributed by atoms with Crippen molar-refractivity contribution in [3.63, 3.8) is 0 Å². The van der Waals surface area contributed by atoms with Crippen molar-refractivity contribution in [2.75, 3.05) is 7.11 Å². The van der Waals surface area contributed by atoms with Crippen LogP contribution in [0.2, 0.25) is 0 Å².